The lowest BCUT2D eigenvalue weighted by Gasteiger charge is -2.19. The Morgan fingerprint density at radius 2 is 2.35 bits per heavy atom. The van der Waals surface area contributed by atoms with E-state index >= 15 is 0 Å². The van der Waals surface area contributed by atoms with Gasteiger partial charge in [-0.1, -0.05) is 37.1 Å². The molecule has 1 aliphatic heterocycles. The first-order valence-corrected chi connectivity index (χ1v) is 8.25. The Morgan fingerprint density at radius 1 is 1.45 bits per heavy atom. The highest BCUT2D eigenvalue weighted by atomic mass is 35.5. The van der Waals surface area contributed by atoms with Crippen LogP contribution < -0.4 is 5.32 Å². The summed E-state index contributed by atoms with van der Waals surface area (Å²) < 4.78 is 5.70. The Labute approximate surface area is 127 Å². The number of ether oxygens (including phenoxy) is 1. The fraction of sp³-hybridized carbons (Fsp3) is 0.647. The van der Waals surface area contributed by atoms with Crippen molar-refractivity contribution in [2.45, 2.75) is 51.0 Å². The Morgan fingerprint density at radius 3 is 3.05 bits per heavy atom. The predicted octanol–water partition coefficient (Wildman–Crippen LogP) is 4.38. The number of rotatable bonds is 8. The second kappa shape index (κ2) is 8.66. The summed E-state index contributed by atoms with van der Waals surface area (Å²) in [5, 5.41) is 4.31. The molecule has 1 N–H and O–H groups in total. The lowest BCUT2D eigenvalue weighted by atomic mass is 9.92. The molecular weight excluding hydrogens is 270 g/mol. The second-order valence-electron chi connectivity index (χ2n) is 5.63. The first-order valence-electron chi connectivity index (χ1n) is 7.87. The summed E-state index contributed by atoms with van der Waals surface area (Å²) in [5.74, 6) is 0.551. The third-order valence-corrected chi connectivity index (χ3v) is 4.30. The third-order valence-electron chi connectivity index (χ3n) is 4.06. The molecule has 0 saturated carbocycles. The average molecular weight is 296 g/mol. The smallest absolute Gasteiger partial charge is 0.0576 e. The van der Waals surface area contributed by atoms with E-state index in [1.807, 2.05) is 6.07 Å². The van der Waals surface area contributed by atoms with Gasteiger partial charge < -0.3 is 10.1 Å². The molecule has 0 bridgehead atoms. The summed E-state index contributed by atoms with van der Waals surface area (Å²) in [5.41, 5.74) is 1.35. The van der Waals surface area contributed by atoms with Gasteiger partial charge in [-0.05, 0) is 55.8 Å². The van der Waals surface area contributed by atoms with Gasteiger partial charge in [-0.15, -0.1) is 0 Å². The standard InChI is InChI=1S/C17H26ClNO/c1-2-19-13-15(14-6-3-8-16(18)12-14)7-4-9-17-10-5-11-20-17/h3,6,8,12,15,17,19H,2,4-5,7,9-11,13H2,1H3. The van der Waals surface area contributed by atoms with Crippen LogP contribution in [0.2, 0.25) is 5.02 Å². The van der Waals surface area contributed by atoms with Crippen molar-refractivity contribution in [3.63, 3.8) is 0 Å². The van der Waals surface area contributed by atoms with E-state index < -0.39 is 0 Å². The fourth-order valence-electron chi connectivity index (χ4n) is 2.93. The van der Waals surface area contributed by atoms with E-state index in [1.54, 1.807) is 0 Å². The van der Waals surface area contributed by atoms with Gasteiger partial charge in [0.2, 0.25) is 0 Å². The number of likely N-dealkylation sites (N-methyl/N-ethyl adjacent to an activating group) is 1. The quantitative estimate of drug-likeness (QED) is 0.768. The van der Waals surface area contributed by atoms with Crippen molar-refractivity contribution in [3.05, 3.63) is 34.9 Å². The van der Waals surface area contributed by atoms with Gasteiger partial charge in [-0.2, -0.15) is 0 Å². The zero-order valence-electron chi connectivity index (χ0n) is 12.4. The van der Waals surface area contributed by atoms with Crippen molar-refractivity contribution in [2.75, 3.05) is 19.7 Å². The van der Waals surface area contributed by atoms with Gasteiger partial charge in [0.1, 0.15) is 0 Å². The highest BCUT2D eigenvalue weighted by molar-refractivity contribution is 6.30. The van der Waals surface area contributed by atoms with Crippen LogP contribution in [0.4, 0.5) is 0 Å². The second-order valence-corrected chi connectivity index (χ2v) is 6.06. The molecule has 0 aliphatic carbocycles. The number of hydrogen-bond donors (Lipinski definition) is 1. The van der Waals surface area contributed by atoms with Crippen molar-refractivity contribution in [1.82, 2.24) is 5.32 Å². The Balaban J connectivity index is 1.85. The lowest BCUT2D eigenvalue weighted by molar-refractivity contribution is 0.101. The molecule has 20 heavy (non-hydrogen) atoms. The minimum absolute atomic E-state index is 0.508. The Kier molecular flexibility index (Phi) is 6.85. The molecule has 1 aromatic rings. The minimum Gasteiger partial charge on any atom is -0.378 e. The van der Waals surface area contributed by atoms with Crippen LogP contribution in [0.1, 0.15) is 50.5 Å². The van der Waals surface area contributed by atoms with E-state index in [4.69, 9.17) is 16.3 Å². The van der Waals surface area contributed by atoms with Crippen LogP contribution >= 0.6 is 11.6 Å². The molecule has 2 nitrogen and oxygen atoms in total. The van der Waals surface area contributed by atoms with Crippen LogP contribution in [0.5, 0.6) is 0 Å². The summed E-state index contributed by atoms with van der Waals surface area (Å²) in [6.45, 7) is 5.16. The monoisotopic (exact) mass is 295 g/mol. The number of hydrogen-bond acceptors (Lipinski definition) is 2. The SMILES string of the molecule is CCNCC(CCCC1CCCO1)c1cccc(Cl)c1. The molecule has 1 fully saturated rings. The van der Waals surface area contributed by atoms with E-state index in [9.17, 15) is 0 Å². The Bertz CT molecular complexity index is 390. The molecule has 0 amide bonds. The van der Waals surface area contributed by atoms with Gasteiger partial charge >= 0.3 is 0 Å². The van der Waals surface area contributed by atoms with E-state index in [0.717, 1.165) is 24.7 Å². The zero-order valence-corrected chi connectivity index (χ0v) is 13.2. The van der Waals surface area contributed by atoms with E-state index in [0.29, 0.717) is 12.0 Å². The summed E-state index contributed by atoms with van der Waals surface area (Å²) >= 11 is 6.12. The molecule has 2 unspecified atom stereocenters. The van der Waals surface area contributed by atoms with Gasteiger partial charge in [0.25, 0.3) is 0 Å². The molecule has 0 aromatic heterocycles. The molecular formula is C17H26ClNO. The molecule has 1 heterocycles. The van der Waals surface area contributed by atoms with Gasteiger partial charge in [-0.25, -0.2) is 0 Å². The molecule has 2 rings (SSSR count). The van der Waals surface area contributed by atoms with Crippen LogP contribution in [0, 0.1) is 0 Å². The van der Waals surface area contributed by atoms with Crippen molar-refractivity contribution >= 4 is 11.6 Å². The van der Waals surface area contributed by atoms with Gasteiger partial charge in [0, 0.05) is 18.2 Å². The van der Waals surface area contributed by atoms with Crippen molar-refractivity contribution in [3.8, 4) is 0 Å². The maximum Gasteiger partial charge on any atom is 0.0576 e. The van der Waals surface area contributed by atoms with Crippen LogP contribution in [0.25, 0.3) is 0 Å². The molecule has 112 valence electrons. The first-order chi connectivity index (χ1) is 9.79. The molecule has 0 radical (unpaired) electrons. The molecule has 2 atom stereocenters. The predicted molar refractivity (Wildman–Crippen MR) is 85.6 cm³/mol. The minimum atomic E-state index is 0.508. The zero-order chi connectivity index (χ0) is 14.2. The molecule has 1 aliphatic rings. The van der Waals surface area contributed by atoms with Crippen LogP contribution in [-0.4, -0.2) is 25.8 Å². The average Bonchev–Trinajstić information content (AvgIpc) is 2.96. The maximum atomic E-state index is 6.12. The van der Waals surface area contributed by atoms with Gasteiger partial charge in [0.05, 0.1) is 6.10 Å². The van der Waals surface area contributed by atoms with E-state index in [1.165, 1.54) is 37.7 Å². The van der Waals surface area contributed by atoms with Crippen LogP contribution in [-0.2, 0) is 4.74 Å². The highest BCUT2D eigenvalue weighted by Crippen LogP contribution is 2.26. The maximum absolute atomic E-state index is 6.12. The van der Waals surface area contributed by atoms with E-state index in [-0.39, 0.29) is 0 Å². The lowest BCUT2D eigenvalue weighted by Crippen LogP contribution is -2.21. The Hall–Kier alpha value is -0.570. The molecule has 3 heteroatoms. The molecule has 0 spiro atoms. The topological polar surface area (TPSA) is 21.3 Å². The fourth-order valence-corrected chi connectivity index (χ4v) is 3.13. The number of benzene rings is 1. The van der Waals surface area contributed by atoms with Crippen molar-refractivity contribution in [2.24, 2.45) is 0 Å². The highest BCUT2D eigenvalue weighted by Gasteiger charge is 2.17. The van der Waals surface area contributed by atoms with Gasteiger partial charge in [0.15, 0.2) is 0 Å². The summed E-state index contributed by atoms with van der Waals surface area (Å²) in [7, 11) is 0. The van der Waals surface area contributed by atoms with Gasteiger partial charge in [-0.3, -0.25) is 0 Å². The normalized spacial score (nSPS) is 20.2. The van der Waals surface area contributed by atoms with Crippen LogP contribution in [0.15, 0.2) is 24.3 Å². The summed E-state index contributed by atoms with van der Waals surface area (Å²) in [6, 6.07) is 8.30. The van der Waals surface area contributed by atoms with Crippen LogP contribution in [0.3, 0.4) is 0 Å². The van der Waals surface area contributed by atoms with Crippen molar-refractivity contribution < 1.29 is 4.74 Å². The molecule has 1 aromatic carbocycles. The van der Waals surface area contributed by atoms with Crippen molar-refractivity contribution in [1.29, 1.82) is 0 Å². The first kappa shape index (κ1) is 15.8. The number of halogens is 1. The molecule has 1 saturated heterocycles. The summed E-state index contributed by atoms with van der Waals surface area (Å²) in [6.07, 6.45) is 6.62. The third kappa shape index (κ3) is 5.08. The summed E-state index contributed by atoms with van der Waals surface area (Å²) in [4.78, 5) is 0. The number of nitrogens with one attached hydrogen (secondary N) is 1. The largest absolute Gasteiger partial charge is 0.378 e. The van der Waals surface area contributed by atoms with E-state index in [2.05, 4.69) is 30.4 Å².